The lowest BCUT2D eigenvalue weighted by atomic mass is 10.0. The molecule has 128 valence electrons. The van der Waals surface area contributed by atoms with Crippen molar-refractivity contribution in [1.29, 1.82) is 0 Å². The summed E-state index contributed by atoms with van der Waals surface area (Å²) in [4.78, 5) is 0. The Labute approximate surface area is 140 Å². The molecule has 0 rings (SSSR count). The van der Waals surface area contributed by atoms with Gasteiger partial charge in [0.1, 0.15) is 0 Å². The highest BCUT2D eigenvalue weighted by Crippen LogP contribution is 2.14. The molecule has 0 aromatic rings. The molecule has 0 saturated heterocycles. The van der Waals surface area contributed by atoms with E-state index in [4.69, 9.17) is 0 Å². The van der Waals surface area contributed by atoms with Gasteiger partial charge in [0.2, 0.25) is 0 Å². The van der Waals surface area contributed by atoms with Crippen LogP contribution >= 0.6 is 0 Å². The molecule has 0 fully saturated rings. The number of hydrogen-bond donors (Lipinski definition) is 0. The maximum Gasteiger partial charge on any atom is -0.0282 e. The zero-order valence-electron chi connectivity index (χ0n) is 15.6. The van der Waals surface area contributed by atoms with E-state index in [2.05, 4.69) is 51.2 Å². The molecule has 0 aromatic heterocycles. The number of unbranched alkanes of at least 4 members (excludes halogenated alkanes) is 8. The lowest BCUT2D eigenvalue weighted by Crippen LogP contribution is -1.83. The van der Waals surface area contributed by atoms with E-state index >= 15 is 0 Å². The van der Waals surface area contributed by atoms with Crippen molar-refractivity contribution in [2.75, 3.05) is 0 Å². The molecule has 0 amide bonds. The summed E-state index contributed by atoms with van der Waals surface area (Å²) < 4.78 is 0. The Hall–Kier alpha value is -0.780. The number of allylic oxidation sites excluding steroid dienone is 6. The first kappa shape index (κ1) is 21.2. The van der Waals surface area contributed by atoms with Crippen molar-refractivity contribution >= 4 is 0 Å². The summed E-state index contributed by atoms with van der Waals surface area (Å²) >= 11 is 0. The zero-order chi connectivity index (χ0) is 16.3. The van der Waals surface area contributed by atoms with E-state index in [9.17, 15) is 0 Å². The van der Waals surface area contributed by atoms with Crippen LogP contribution in [0.15, 0.2) is 36.0 Å². The van der Waals surface area contributed by atoms with Crippen molar-refractivity contribution < 1.29 is 0 Å². The first-order valence-electron chi connectivity index (χ1n) is 9.85. The van der Waals surface area contributed by atoms with Gasteiger partial charge in [-0.25, -0.2) is 0 Å². The van der Waals surface area contributed by atoms with Gasteiger partial charge in [-0.1, -0.05) is 88.8 Å². The van der Waals surface area contributed by atoms with Crippen molar-refractivity contribution in [1.82, 2.24) is 0 Å². The summed E-state index contributed by atoms with van der Waals surface area (Å²) in [5, 5.41) is 0. The Bertz CT molecular complexity index is 293. The highest BCUT2D eigenvalue weighted by molar-refractivity contribution is 5.18. The van der Waals surface area contributed by atoms with Crippen molar-refractivity contribution in [3.63, 3.8) is 0 Å². The van der Waals surface area contributed by atoms with Crippen LogP contribution in [-0.2, 0) is 0 Å². The van der Waals surface area contributed by atoms with Gasteiger partial charge in [-0.05, 0) is 51.4 Å². The average Bonchev–Trinajstić information content (AvgIpc) is 2.54. The van der Waals surface area contributed by atoms with Gasteiger partial charge in [-0.15, -0.1) is 0 Å². The predicted molar refractivity (Wildman–Crippen MR) is 103 cm³/mol. The summed E-state index contributed by atoms with van der Waals surface area (Å²) in [5.74, 6) is 0. The van der Waals surface area contributed by atoms with E-state index in [1.807, 2.05) is 0 Å². The van der Waals surface area contributed by atoms with Gasteiger partial charge in [-0.3, -0.25) is 0 Å². The van der Waals surface area contributed by atoms with E-state index in [1.165, 1.54) is 83.5 Å². The standard InChI is InChI=1S/C22H40/c1-4-7-10-12-13-14-16-18-21-22(19-9-6-3)20-17-15-11-8-5-2/h12-13,17,19-20H,4-11,14-16,18,21H2,1-3H3. The summed E-state index contributed by atoms with van der Waals surface area (Å²) in [6.07, 6.45) is 28.8. The molecule has 0 N–H and O–H groups in total. The minimum atomic E-state index is 1.23. The number of rotatable bonds is 15. The lowest BCUT2D eigenvalue weighted by molar-refractivity contribution is 0.726. The van der Waals surface area contributed by atoms with Crippen molar-refractivity contribution in [2.45, 2.75) is 104 Å². The van der Waals surface area contributed by atoms with Gasteiger partial charge < -0.3 is 0 Å². The highest BCUT2D eigenvalue weighted by Gasteiger charge is 1.94. The van der Waals surface area contributed by atoms with E-state index in [0.717, 1.165) is 0 Å². The van der Waals surface area contributed by atoms with E-state index in [1.54, 1.807) is 5.57 Å². The van der Waals surface area contributed by atoms with Gasteiger partial charge in [0.25, 0.3) is 0 Å². The van der Waals surface area contributed by atoms with Crippen LogP contribution in [0.4, 0.5) is 0 Å². The van der Waals surface area contributed by atoms with E-state index in [-0.39, 0.29) is 0 Å². The quantitative estimate of drug-likeness (QED) is 0.163. The van der Waals surface area contributed by atoms with E-state index < -0.39 is 0 Å². The molecule has 0 bridgehead atoms. The third-order valence-electron chi connectivity index (χ3n) is 3.98. The molecule has 0 aliphatic carbocycles. The molecule has 22 heavy (non-hydrogen) atoms. The molecule has 0 unspecified atom stereocenters. The van der Waals surface area contributed by atoms with Gasteiger partial charge in [0, 0.05) is 0 Å². The summed E-state index contributed by atoms with van der Waals surface area (Å²) in [7, 11) is 0. The van der Waals surface area contributed by atoms with Crippen molar-refractivity contribution in [2.24, 2.45) is 0 Å². The van der Waals surface area contributed by atoms with Gasteiger partial charge in [-0.2, -0.15) is 0 Å². The van der Waals surface area contributed by atoms with Crippen LogP contribution in [0, 0.1) is 0 Å². The Balaban J connectivity index is 3.87. The summed E-state index contributed by atoms with van der Waals surface area (Å²) in [6.45, 7) is 6.79. The fourth-order valence-electron chi connectivity index (χ4n) is 2.48. The molecular weight excluding hydrogens is 264 g/mol. The zero-order valence-corrected chi connectivity index (χ0v) is 15.6. The second kappa shape index (κ2) is 18.3. The van der Waals surface area contributed by atoms with Crippen LogP contribution in [0.1, 0.15) is 104 Å². The average molecular weight is 305 g/mol. The van der Waals surface area contributed by atoms with Crippen molar-refractivity contribution in [3.05, 3.63) is 36.0 Å². The predicted octanol–water partition coefficient (Wildman–Crippen LogP) is 8.16. The molecule has 0 aliphatic heterocycles. The third-order valence-corrected chi connectivity index (χ3v) is 3.98. The second-order valence-electron chi connectivity index (χ2n) is 6.33. The maximum absolute atomic E-state index is 2.45. The molecule has 0 nitrogen and oxygen atoms in total. The first-order valence-corrected chi connectivity index (χ1v) is 9.85. The molecule has 0 aromatic carbocycles. The Morgan fingerprint density at radius 1 is 0.591 bits per heavy atom. The van der Waals surface area contributed by atoms with Crippen LogP contribution in [0.2, 0.25) is 0 Å². The Kier molecular flexibility index (Phi) is 17.6. The minimum absolute atomic E-state index is 1.23. The topological polar surface area (TPSA) is 0 Å². The molecule has 0 aliphatic rings. The van der Waals surface area contributed by atoms with Gasteiger partial charge >= 0.3 is 0 Å². The molecular formula is C22H40. The van der Waals surface area contributed by atoms with Crippen LogP contribution in [0.3, 0.4) is 0 Å². The normalized spacial score (nSPS) is 12.8. The fraction of sp³-hybridized carbons (Fsp3) is 0.727. The largest absolute Gasteiger partial charge is 0.0885 e. The number of hydrogen-bond acceptors (Lipinski definition) is 0. The molecule has 0 radical (unpaired) electrons. The van der Waals surface area contributed by atoms with Crippen molar-refractivity contribution in [3.8, 4) is 0 Å². The summed E-state index contributed by atoms with van der Waals surface area (Å²) in [6, 6.07) is 0. The molecule has 0 spiro atoms. The Morgan fingerprint density at radius 3 is 1.91 bits per heavy atom. The highest BCUT2D eigenvalue weighted by atomic mass is 14.0. The van der Waals surface area contributed by atoms with Crippen LogP contribution in [0.5, 0.6) is 0 Å². The lowest BCUT2D eigenvalue weighted by Gasteiger charge is -2.02. The molecule has 0 saturated carbocycles. The Morgan fingerprint density at radius 2 is 1.23 bits per heavy atom. The maximum atomic E-state index is 2.45. The second-order valence-corrected chi connectivity index (χ2v) is 6.33. The SMILES string of the molecule is CCCC=C(C=CCCCCC)CCCCC=CCCCC. The van der Waals surface area contributed by atoms with E-state index in [0.29, 0.717) is 0 Å². The third kappa shape index (κ3) is 15.6. The smallest absolute Gasteiger partial charge is 0.0282 e. The fourth-order valence-corrected chi connectivity index (χ4v) is 2.48. The molecule has 0 heteroatoms. The monoisotopic (exact) mass is 304 g/mol. The first-order chi connectivity index (χ1) is 10.8. The summed E-state index contributed by atoms with van der Waals surface area (Å²) in [5.41, 5.74) is 1.56. The van der Waals surface area contributed by atoms with Crippen LogP contribution < -0.4 is 0 Å². The van der Waals surface area contributed by atoms with Gasteiger partial charge in [0.05, 0.1) is 0 Å². The van der Waals surface area contributed by atoms with Crippen LogP contribution in [-0.4, -0.2) is 0 Å². The minimum Gasteiger partial charge on any atom is -0.0885 e. The van der Waals surface area contributed by atoms with Gasteiger partial charge in [0.15, 0.2) is 0 Å². The molecule has 0 atom stereocenters. The molecule has 0 heterocycles. The van der Waals surface area contributed by atoms with Crippen LogP contribution in [0.25, 0.3) is 0 Å².